The summed E-state index contributed by atoms with van der Waals surface area (Å²) in [6, 6.07) is 19.6. The molecule has 9 heteroatoms. The van der Waals surface area contributed by atoms with E-state index in [0.29, 0.717) is 43.0 Å². The summed E-state index contributed by atoms with van der Waals surface area (Å²) in [4.78, 5) is 43.3. The zero-order valence-corrected chi connectivity index (χ0v) is 23.3. The lowest BCUT2D eigenvalue weighted by Crippen LogP contribution is -2.53. The van der Waals surface area contributed by atoms with Crippen LogP contribution >= 0.6 is 0 Å². The Morgan fingerprint density at radius 1 is 0.976 bits per heavy atom. The number of likely N-dealkylation sites (tertiary alicyclic amines) is 1. The number of fused-ring (bicyclic) bond motifs is 2. The largest absolute Gasteiger partial charge is 0.494 e. The van der Waals surface area contributed by atoms with Gasteiger partial charge in [-0.1, -0.05) is 37.3 Å². The number of nitrogens with zero attached hydrogens (tertiary/aromatic N) is 1. The standard InChI is InChI=1S/C32H35N3O6/c1-3-31-15-16-32(41-31)26(25(31)28(37)33-22-11-13-24(14-12-22)40-4-2)30(39)35(17-18-36)27(32)29(38)34-23-10-9-20-7-5-6-8-21(20)19-23/h5-14,19,25-27,36H,3-4,15-18H2,1-2H3,(H,33,37)(H,34,38)/t25-,26+,27?,31+,32?/m1/s1. The lowest BCUT2D eigenvalue weighted by Gasteiger charge is -2.33. The number of aliphatic hydroxyl groups excluding tert-OH is 1. The Hall–Kier alpha value is -3.95. The van der Waals surface area contributed by atoms with Crippen molar-refractivity contribution in [1.82, 2.24) is 4.90 Å². The highest BCUT2D eigenvalue weighted by atomic mass is 16.5. The quantitative estimate of drug-likeness (QED) is 0.367. The summed E-state index contributed by atoms with van der Waals surface area (Å²) in [7, 11) is 0. The lowest BCUT2D eigenvalue weighted by atomic mass is 9.65. The molecule has 3 aromatic carbocycles. The molecule has 3 heterocycles. The number of benzene rings is 3. The van der Waals surface area contributed by atoms with Gasteiger partial charge in [0, 0.05) is 17.9 Å². The maximum atomic E-state index is 14.0. The summed E-state index contributed by atoms with van der Waals surface area (Å²) in [5, 5.41) is 17.9. The van der Waals surface area contributed by atoms with Crippen LogP contribution in [0.2, 0.25) is 0 Å². The fourth-order valence-electron chi connectivity index (χ4n) is 7.26. The number of amides is 3. The molecule has 3 amide bonds. The topological polar surface area (TPSA) is 117 Å². The normalized spacial score (nSPS) is 28.1. The van der Waals surface area contributed by atoms with E-state index in [0.717, 1.165) is 10.8 Å². The summed E-state index contributed by atoms with van der Waals surface area (Å²) in [6.45, 7) is 4.06. The lowest BCUT2D eigenvalue weighted by molar-refractivity contribution is -0.144. The van der Waals surface area contributed by atoms with E-state index in [2.05, 4.69) is 10.6 Å². The smallest absolute Gasteiger partial charge is 0.250 e. The van der Waals surface area contributed by atoms with Gasteiger partial charge in [-0.05, 0) is 73.4 Å². The van der Waals surface area contributed by atoms with E-state index in [-0.39, 0.29) is 30.9 Å². The molecule has 3 fully saturated rings. The molecule has 214 valence electrons. The van der Waals surface area contributed by atoms with Gasteiger partial charge in [0.05, 0.1) is 30.7 Å². The molecule has 2 bridgehead atoms. The molecule has 3 saturated heterocycles. The van der Waals surface area contributed by atoms with Crippen molar-refractivity contribution >= 4 is 39.9 Å². The van der Waals surface area contributed by atoms with E-state index in [9.17, 15) is 19.5 Å². The molecule has 0 aromatic heterocycles. The molecule has 41 heavy (non-hydrogen) atoms. The van der Waals surface area contributed by atoms with Gasteiger partial charge in [-0.25, -0.2) is 0 Å². The molecule has 3 N–H and O–H groups in total. The fourth-order valence-corrected chi connectivity index (χ4v) is 7.26. The minimum atomic E-state index is -1.16. The minimum absolute atomic E-state index is 0.0252. The average molecular weight is 558 g/mol. The number of hydrogen-bond donors (Lipinski definition) is 3. The van der Waals surface area contributed by atoms with E-state index in [1.54, 1.807) is 24.3 Å². The predicted octanol–water partition coefficient (Wildman–Crippen LogP) is 3.96. The van der Waals surface area contributed by atoms with Crippen LogP contribution in [0.15, 0.2) is 66.7 Å². The van der Waals surface area contributed by atoms with Crippen LogP contribution in [0.5, 0.6) is 5.75 Å². The Morgan fingerprint density at radius 3 is 2.39 bits per heavy atom. The number of nitrogens with one attached hydrogen (secondary N) is 2. The van der Waals surface area contributed by atoms with E-state index in [1.807, 2.05) is 56.3 Å². The Labute approximate surface area is 238 Å². The third-order valence-corrected chi connectivity index (χ3v) is 9.00. The van der Waals surface area contributed by atoms with Gasteiger partial charge in [0.25, 0.3) is 0 Å². The monoisotopic (exact) mass is 557 g/mol. The summed E-state index contributed by atoms with van der Waals surface area (Å²) >= 11 is 0. The van der Waals surface area contributed by atoms with Crippen molar-refractivity contribution in [2.45, 2.75) is 50.4 Å². The van der Waals surface area contributed by atoms with Crippen molar-refractivity contribution in [2.75, 3.05) is 30.4 Å². The number of β-amino-alcohol motifs (C(OH)–C–C–N with tert-alkyl or cyclic N) is 1. The molecule has 3 aromatic rings. The van der Waals surface area contributed by atoms with E-state index in [1.165, 1.54) is 4.90 Å². The SMILES string of the molecule is CCOc1ccc(NC(=O)[C@H]2[C@H]3C(=O)N(CCO)C(C(=O)Nc4ccc5ccccc5c4)C34CC[C@]2(CC)O4)cc1. The summed E-state index contributed by atoms with van der Waals surface area (Å²) in [6.07, 6.45) is 1.56. The van der Waals surface area contributed by atoms with E-state index >= 15 is 0 Å². The molecule has 1 spiro atoms. The van der Waals surface area contributed by atoms with Crippen LogP contribution in [0.4, 0.5) is 11.4 Å². The van der Waals surface area contributed by atoms with Gasteiger partial charge in [-0.15, -0.1) is 0 Å². The Balaban J connectivity index is 1.31. The second-order valence-corrected chi connectivity index (χ2v) is 11.1. The second kappa shape index (κ2) is 10.5. The highest BCUT2D eigenvalue weighted by molar-refractivity contribution is 6.06. The highest BCUT2D eigenvalue weighted by Crippen LogP contribution is 2.64. The maximum absolute atomic E-state index is 14.0. The summed E-state index contributed by atoms with van der Waals surface area (Å²) in [5.74, 6) is -1.94. The first kappa shape index (κ1) is 27.2. The molecule has 0 aliphatic carbocycles. The first-order valence-electron chi connectivity index (χ1n) is 14.3. The number of ether oxygens (including phenoxy) is 2. The number of anilines is 2. The zero-order valence-electron chi connectivity index (χ0n) is 23.3. The average Bonchev–Trinajstić information content (AvgIpc) is 3.58. The van der Waals surface area contributed by atoms with Crippen molar-refractivity contribution in [1.29, 1.82) is 0 Å². The van der Waals surface area contributed by atoms with Gasteiger partial charge in [0.1, 0.15) is 17.4 Å². The molecule has 0 saturated carbocycles. The van der Waals surface area contributed by atoms with Crippen LogP contribution in [0.25, 0.3) is 10.8 Å². The summed E-state index contributed by atoms with van der Waals surface area (Å²) in [5.41, 5.74) is -0.829. The second-order valence-electron chi connectivity index (χ2n) is 11.1. The Kier molecular flexibility index (Phi) is 6.95. The van der Waals surface area contributed by atoms with Crippen molar-refractivity contribution in [3.8, 4) is 5.75 Å². The van der Waals surface area contributed by atoms with Gasteiger partial charge < -0.3 is 30.1 Å². The Morgan fingerprint density at radius 2 is 1.68 bits per heavy atom. The van der Waals surface area contributed by atoms with Crippen LogP contribution in [-0.2, 0) is 19.1 Å². The highest BCUT2D eigenvalue weighted by Gasteiger charge is 2.78. The van der Waals surface area contributed by atoms with Crippen LogP contribution in [0.3, 0.4) is 0 Å². The fraction of sp³-hybridized carbons (Fsp3) is 0.406. The molecule has 6 rings (SSSR count). The van der Waals surface area contributed by atoms with Crippen LogP contribution in [0.1, 0.15) is 33.1 Å². The molecule has 9 nitrogen and oxygen atoms in total. The van der Waals surface area contributed by atoms with Crippen LogP contribution < -0.4 is 15.4 Å². The van der Waals surface area contributed by atoms with Crippen molar-refractivity contribution in [3.05, 3.63) is 66.7 Å². The summed E-state index contributed by atoms with van der Waals surface area (Å²) < 4.78 is 12.2. The molecule has 2 unspecified atom stereocenters. The molecule has 0 radical (unpaired) electrons. The van der Waals surface area contributed by atoms with Crippen molar-refractivity contribution in [3.63, 3.8) is 0 Å². The van der Waals surface area contributed by atoms with Gasteiger partial charge in [-0.3, -0.25) is 14.4 Å². The molecular formula is C32H35N3O6. The van der Waals surface area contributed by atoms with Gasteiger partial charge >= 0.3 is 0 Å². The predicted molar refractivity (Wildman–Crippen MR) is 154 cm³/mol. The van der Waals surface area contributed by atoms with Crippen LogP contribution in [0, 0.1) is 11.8 Å². The molecular weight excluding hydrogens is 522 g/mol. The van der Waals surface area contributed by atoms with Crippen molar-refractivity contribution < 1.29 is 29.0 Å². The zero-order chi connectivity index (χ0) is 28.8. The first-order valence-corrected chi connectivity index (χ1v) is 14.3. The third-order valence-electron chi connectivity index (χ3n) is 9.00. The van der Waals surface area contributed by atoms with E-state index < -0.39 is 29.1 Å². The number of aliphatic hydroxyl groups is 1. The van der Waals surface area contributed by atoms with Crippen molar-refractivity contribution in [2.24, 2.45) is 11.8 Å². The van der Waals surface area contributed by atoms with Gasteiger partial charge in [0.15, 0.2) is 0 Å². The van der Waals surface area contributed by atoms with Crippen LogP contribution in [-0.4, -0.2) is 64.7 Å². The Bertz CT molecular complexity index is 1490. The number of carbonyl (C=O) groups is 3. The molecule has 3 aliphatic heterocycles. The number of rotatable bonds is 9. The van der Waals surface area contributed by atoms with Gasteiger partial charge in [-0.2, -0.15) is 0 Å². The number of hydrogen-bond acceptors (Lipinski definition) is 6. The molecule has 5 atom stereocenters. The molecule has 3 aliphatic rings. The first-order chi connectivity index (χ1) is 19.9. The maximum Gasteiger partial charge on any atom is 0.250 e. The van der Waals surface area contributed by atoms with Gasteiger partial charge in [0.2, 0.25) is 17.7 Å². The van der Waals surface area contributed by atoms with E-state index in [4.69, 9.17) is 9.47 Å². The minimum Gasteiger partial charge on any atom is -0.494 e. The number of carbonyl (C=O) groups excluding carboxylic acids is 3. The third kappa shape index (κ3) is 4.35.